The lowest BCUT2D eigenvalue weighted by molar-refractivity contribution is -0.141. The van der Waals surface area contributed by atoms with Crippen molar-refractivity contribution in [2.24, 2.45) is 0 Å². The van der Waals surface area contributed by atoms with Gasteiger partial charge in [-0.2, -0.15) is 0 Å². The number of rotatable bonds is 5. The van der Waals surface area contributed by atoms with Gasteiger partial charge >= 0.3 is 5.97 Å². The molecule has 0 aromatic rings. The number of carbonyl (C=O) groups excluding carboxylic acids is 1. The smallest absolute Gasteiger partial charge is 0.307 e. The predicted octanol–water partition coefficient (Wildman–Crippen LogP) is 0.763. The molecule has 0 bridgehead atoms. The molecule has 15 heavy (non-hydrogen) atoms. The minimum Gasteiger partial charge on any atom is -0.475 e. The quantitative estimate of drug-likeness (QED) is 0.542. The van der Waals surface area contributed by atoms with Crippen LogP contribution in [0.3, 0.4) is 0 Å². The molecule has 0 atom stereocenters. The monoisotopic (exact) mass is 215 g/mol. The van der Waals surface area contributed by atoms with Crippen LogP contribution in [0.2, 0.25) is 0 Å². The van der Waals surface area contributed by atoms with E-state index < -0.39 is 0 Å². The van der Waals surface area contributed by atoms with E-state index in [1.54, 1.807) is 6.26 Å². The fourth-order valence-corrected chi connectivity index (χ4v) is 1.17. The molecule has 1 heterocycles. The Hall–Kier alpha value is -1.23. The topological polar surface area (TPSA) is 56.8 Å². The van der Waals surface area contributed by atoms with E-state index in [1.807, 2.05) is 13.8 Å². The first-order valence-corrected chi connectivity index (χ1v) is 4.83. The van der Waals surface area contributed by atoms with Crippen molar-refractivity contribution in [3.8, 4) is 0 Å². The van der Waals surface area contributed by atoms with Crippen molar-refractivity contribution in [3.05, 3.63) is 12.0 Å². The maximum Gasteiger partial charge on any atom is 0.307 e. The fourth-order valence-electron chi connectivity index (χ4n) is 1.17. The van der Waals surface area contributed by atoms with E-state index in [-0.39, 0.29) is 18.1 Å². The standard InChI is InChI=1S/C10H17NO4/c1-10(2)11-8(7-15-10)6-14-5-4-9(12)13-3/h7,11H,4-6H2,1-3H3. The van der Waals surface area contributed by atoms with Crippen LogP contribution in [0.1, 0.15) is 20.3 Å². The van der Waals surface area contributed by atoms with Gasteiger partial charge in [0, 0.05) is 0 Å². The third-order valence-electron chi connectivity index (χ3n) is 1.89. The molecular formula is C10H17NO4. The highest BCUT2D eigenvalue weighted by Crippen LogP contribution is 2.15. The molecule has 0 saturated carbocycles. The molecule has 0 aromatic heterocycles. The highest BCUT2D eigenvalue weighted by Gasteiger charge is 2.24. The van der Waals surface area contributed by atoms with Crippen LogP contribution in [0.5, 0.6) is 0 Å². The maximum absolute atomic E-state index is 10.8. The van der Waals surface area contributed by atoms with Crippen LogP contribution in [0, 0.1) is 0 Å². The van der Waals surface area contributed by atoms with Crippen molar-refractivity contribution in [1.82, 2.24) is 5.32 Å². The van der Waals surface area contributed by atoms with Gasteiger partial charge in [-0.1, -0.05) is 0 Å². The second kappa shape index (κ2) is 5.02. The van der Waals surface area contributed by atoms with E-state index >= 15 is 0 Å². The van der Waals surface area contributed by atoms with E-state index in [9.17, 15) is 4.79 Å². The van der Waals surface area contributed by atoms with Crippen LogP contribution in [0.25, 0.3) is 0 Å². The van der Waals surface area contributed by atoms with Gasteiger partial charge in [0.1, 0.15) is 6.26 Å². The van der Waals surface area contributed by atoms with Gasteiger partial charge in [-0.05, 0) is 13.8 Å². The molecule has 1 aliphatic heterocycles. The number of carbonyl (C=O) groups is 1. The highest BCUT2D eigenvalue weighted by molar-refractivity contribution is 5.69. The third-order valence-corrected chi connectivity index (χ3v) is 1.89. The molecule has 5 heteroatoms. The molecule has 0 amide bonds. The van der Waals surface area contributed by atoms with Crippen LogP contribution in [0.4, 0.5) is 0 Å². The zero-order chi connectivity index (χ0) is 11.3. The first kappa shape index (κ1) is 11.8. The Bertz CT molecular complexity index is 260. The number of methoxy groups -OCH3 is 1. The normalized spacial score (nSPS) is 17.7. The summed E-state index contributed by atoms with van der Waals surface area (Å²) < 4.78 is 15.1. The van der Waals surface area contributed by atoms with Crippen molar-refractivity contribution in [3.63, 3.8) is 0 Å². The summed E-state index contributed by atoms with van der Waals surface area (Å²) in [5.74, 6) is -0.264. The largest absolute Gasteiger partial charge is 0.475 e. The SMILES string of the molecule is COC(=O)CCOCC1=COC(C)(C)N1. The average Bonchev–Trinajstić information content (AvgIpc) is 2.52. The van der Waals surface area contributed by atoms with Crippen molar-refractivity contribution >= 4 is 5.97 Å². The number of esters is 1. The third kappa shape index (κ3) is 4.20. The number of hydrogen-bond donors (Lipinski definition) is 1. The molecule has 0 saturated heterocycles. The molecule has 0 aromatic carbocycles. The summed E-state index contributed by atoms with van der Waals surface area (Å²) in [6.07, 6.45) is 1.91. The Morgan fingerprint density at radius 1 is 1.60 bits per heavy atom. The summed E-state index contributed by atoms with van der Waals surface area (Å²) in [6, 6.07) is 0. The van der Waals surface area contributed by atoms with Gasteiger partial charge in [0.25, 0.3) is 0 Å². The summed E-state index contributed by atoms with van der Waals surface area (Å²) in [5, 5.41) is 3.13. The predicted molar refractivity (Wildman–Crippen MR) is 53.8 cm³/mol. The summed E-state index contributed by atoms with van der Waals surface area (Å²) in [7, 11) is 1.36. The molecular weight excluding hydrogens is 198 g/mol. The molecule has 0 fully saturated rings. The van der Waals surface area contributed by atoms with E-state index in [0.717, 1.165) is 5.70 Å². The van der Waals surface area contributed by atoms with E-state index in [0.29, 0.717) is 13.2 Å². The Kier molecular flexibility index (Phi) is 3.96. The Morgan fingerprint density at radius 2 is 2.33 bits per heavy atom. The Labute approximate surface area is 89.4 Å². The van der Waals surface area contributed by atoms with Gasteiger partial charge in [-0.3, -0.25) is 4.79 Å². The molecule has 0 aliphatic carbocycles. The van der Waals surface area contributed by atoms with Crippen molar-refractivity contribution in [1.29, 1.82) is 0 Å². The van der Waals surface area contributed by atoms with Gasteiger partial charge in [-0.15, -0.1) is 0 Å². The van der Waals surface area contributed by atoms with Crippen molar-refractivity contribution < 1.29 is 19.0 Å². The van der Waals surface area contributed by atoms with Crippen molar-refractivity contribution in [2.75, 3.05) is 20.3 Å². The lowest BCUT2D eigenvalue weighted by atomic mass is 10.3. The van der Waals surface area contributed by atoms with Crippen LogP contribution >= 0.6 is 0 Å². The first-order chi connectivity index (χ1) is 7.03. The minimum atomic E-state index is -0.360. The molecule has 1 N–H and O–H groups in total. The first-order valence-electron chi connectivity index (χ1n) is 4.83. The lowest BCUT2D eigenvalue weighted by Crippen LogP contribution is -2.35. The van der Waals surface area contributed by atoms with Gasteiger partial charge in [0.05, 0.1) is 32.4 Å². The number of hydrogen-bond acceptors (Lipinski definition) is 5. The number of ether oxygens (including phenoxy) is 3. The zero-order valence-corrected chi connectivity index (χ0v) is 9.33. The molecule has 86 valence electrons. The van der Waals surface area contributed by atoms with Crippen LogP contribution in [-0.4, -0.2) is 32.0 Å². The Balaban J connectivity index is 2.09. The molecule has 1 aliphatic rings. The minimum absolute atomic E-state index is 0.264. The van der Waals surface area contributed by atoms with Crippen LogP contribution < -0.4 is 5.32 Å². The molecule has 0 unspecified atom stereocenters. The molecule has 0 spiro atoms. The second-order valence-electron chi connectivity index (χ2n) is 3.77. The van der Waals surface area contributed by atoms with Crippen LogP contribution in [-0.2, 0) is 19.0 Å². The summed E-state index contributed by atoms with van der Waals surface area (Å²) in [4.78, 5) is 10.8. The van der Waals surface area contributed by atoms with Gasteiger partial charge in [0.2, 0.25) is 0 Å². The maximum atomic E-state index is 10.8. The lowest BCUT2D eigenvalue weighted by Gasteiger charge is -2.19. The Morgan fingerprint density at radius 3 is 2.87 bits per heavy atom. The van der Waals surface area contributed by atoms with E-state index in [1.165, 1.54) is 7.11 Å². The summed E-state index contributed by atoms with van der Waals surface area (Å²) in [6.45, 7) is 4.61. The molecule has 1 rings (SSSR count). The summed E-state index contributed by atoms with van der Waals surface area (Å²) >= 11 is 0. The molecule has 0 radical (unpaired) electrons. The summed E-state index contributed by atoms with van der Waals surface area (Å²) in [5.41, 5.74) is 0.519. The van der Waals surface area contributed by atoms with E-state index in [2.05, 4.69) is 10.1 Å². The fraction of sp³-hybridized carbons (Fsp3) is 0.700. The zero-order valence-electron chi connectivity index (χ0n) is 9.33. The second-order valence-corrected chi connectivity index (χ2v) is 3.77. The van der Waals surface area contributed by atoms with E-state index in [4.69, 9.17) is 9.47 Å². The van der Waals surface area contributed by atoms with Crippen molar-refractivity contribution in [2.45, 2.75) is 26.0 Å². The number of nitrogens with one attached hydrogen (secondary N) is 1. The van der Waals surface area contributed by atoms with Crippen LogP contribution in [0.15, 0.2) is 12.0 Å². The highest BCUT2D eigenvalue weighted by atomic mass is 16.5. The molecule has 5 nitrogen and oxygen atoms in total. The van der Waals surface area contributed by atoms with Gasteiger partial charge < -0.3 is 19.5 Å². The van der Waals surface area contributed by atoms with Gasteiger partial charge in [0.15, 0.2) is 5.72 Å². The average molecular weight is 215 g/mol. The van der Waals surface area contributed by atoms with Gasteiger partial charge in [-0.25, -0.2) is 0 Å².